The summed E-state index contributed by atoms with van der Waals surface area (Å²) in [6.45, 7) is 4.60. The van der Waals surface area contributed by atoms with Gasteiger partial charge in [-0.05, 0) is 77.2 Å². The number of fused-ring (bicyclic) bond motifs is 10. The summed E-state index contributed by atoms with van der Waals surface area (Å²) in [4.78, 5) is 0. The molecule has 0 saturated heterocycles. The van der Waals surface area contributed by atoms with Crippen molar-refractivity contribution in [3.8, 4) is 22.9 Å². The topological polar surface area (TPSA) is 41.9 Å². The van der Waals surface area contributed by atoms with Crippen LogP contribution in [-0.4, -0.2) is 4.57 Å². The second-order valence-corrected chi connectivity index (χ2v) is 12.2. The van der Waals surface area contributed by atoms with Gasteiger partial charge in [0.2, 0.25) is 0 Å². The van der Waals surface area contributed by atoms with Crippen molar-refractivity contribution >= 4 is 44.4 Å². The van der Waals surface area contributed by atoms with Crippen LogP contribution >= 0.6 is 0 Å². The fourth-order valence-corrected chi connectivity index (χ4v) is 7.71. The molecule has 2 aliphatic carbocycles. The molecule has 202 valence electrons. The lowest BCUT2D eigenvalue weighted by atomic mass is 9.81. The van der Waals surface area contributed by atoms with Gasteiger partial charge in [-0.1, -0.05) is 74.5 Å². The van der Waals surface area contributed by atoms with Crippen molar-refractivity contribution < 1.29 is 4.42 Å². The standard InChI is InChI=1S/C40H26N2O/c1-40(2)32-14-6-3-11-26(32)29-19-20-30-31-22-24(18-21-36(31)43-39(30)38(29)40)37-25(23-41)10-9-17-35(37)42-33-15-7-4-12-27(33)28-13-5-8-16-34(28)42/h3-7,9-15,17,19-20,22H,18,21H2,1-2H3. The number of hydrogen-bond donors (Lipinski definition) is 0. The van der Waals surface area contributed by atoms with Crippen LogP contribution in [0, 0.1) is 23.5 Å². The van der Waals surface area contributed by atoms with Crippen molar-refractivity contribution in [1.29, 1.82) is 5.26 Å². The monoisotopic (exact) mass is 550 g/mol. The highest BCUT2D eigenvalue weighted by atomic mass is 16.3. The largest absolute Gasteiger partial charge is 0.460 e. The van der Waals surface area contributed by atoms with Gasteiger partial charge in [-0.3, -0.25) is 0 Å². The summed E-state index contributed by atoms with van der Waals surface area (Å²) in [6, 6.07) is 40.7. The first-order valence-corrected chi connectivity index (χ1v) is 14.8. The third-order valence-corrected chi connectivity index (χ3v) is 9.59. The molecule has 0 radical (unpaired) electrons. The van der Waals surface area contributed by atoms with Crippen LogP contribution in [-0.2, 0) is 11.8 Å². The predicted octanol–water partition coefficient (Wildman–Crippen LogP) is 9.80. The smallest absolute Gasteiger partial charge is 0.139 e. The summed E-state index contributed by atoms with van der Waals surface area (Å²) in [6.07, 6.45) is 3.84. The first-order valence-electron chi connectivity index (χ1n) is 14.8. The van der Waals surface area contributed by atoms with Gasteiger partial charge in [-0.2, -0.15) is 5.26 Å². The summed E-state index contributed by atoms with van der Waals surface area (Å²) >= 11 is 0. The number of nitriles is 1. The van der Waals surface area contributed by atoms with Crippen LogP contribution in [0.3, 0.4) is 0 Å². The van der Waals surface area contributed by atoms with E-state index in [0.29, 0.717) is 5.56 Å². The van der Waals surface area contributed by atoms with Crippen molar-refractivity contribution in [3.63, 3.8) is 0 Å². The van der Waals surface area contributed by atoms with E-state index in [0.717, 1.165) is 73.8 Å². The molecule has 2 aromatic heterocycles. The summed E-state index contributed by atoms with van der Waals surface area (Å²) < 4.78 is 8.98. The normalized spacial score (nSPS) is 14.7. The second kappa shape index (κ2) is 8.51. The van der Waals surface area contributed by atoms with Crippen molar-refractivity contribution in [2.75, 3.05) is 0 Å². The zero-order chi connectivity index (χ0) is 28.9. The summed E-state index contributed by atoms with van der Waals surface area (Å²) in [7, 11) is 0. The molecule has 7 aromatic rings. The highest BCUT2D eigenvalue weighted by Gasteiger charge is 2.39. The zero-order valence-electron chi connectivity index (χ0n) is 24.0. The summed E-state index contributed by atoms with van der Waals surface area (Å²) in [5.41, 5.74) is 13.0. The van der Waals surface area contributed by atoms with Gasteiger partial charge in [0.25, 0.3) is 0 Å². The minimum absolute atomic E-state index is 0.150. The van der Waals surface area contributed by atoms with E-state index >= 15 is 0 Å². The Labute approximate surface area is 249 Å². The third-order valence-electron chi connectivity index (χ3n) is 9.59. The molecule has 9 rings (SSSR count). The van der Waals surface area contributed by atoms with E-state index in [1.165, 1.54) is 22.3 Å². The van der Waals surface area contributed by atoms with E-state index in [4.69, 9.17) is 4.42 Å². The minimum atomic E-state index is -0.150. The SMILES string of the molecule is CC1(C)c2ccccc2-c2ccc3c4c(oc3c21)CCC(c1c(C#N)cccc1-n1c2c#cccc2c2ccccc21)=C4. The number of furan rings is 1. The number of para-hydroxylation sites is 1. The maximum atomic E-state index is 10.4. The van der Waals surface area contributed by atoms with Gasteiger partial charge in [0.1, 0.15) is 16.9 Å². The molecular weight excluding hydrogens is 524 g/mol. The van der Waals surface area contributed by atoms with Crippen LogP contribution in [0.25, 0.3) is 61.2 Å². The van der Waals surface area contributed by atoms with Crippen LogP contribution < -0.4 is 0 Å². The Balaban J connectivity index is 1.29. The Bertz CT molecular complexity index is 2330. The minimum Gasteiger partial charge on any atom is -0.460 e. The van der Waals surface area contributed by atoms with Crippen LogP contribution in [0.15, 0.2) is 95.4 Å². The summed E-state index contributed by atoms with van der Waals surface area (Å²) in [5, 5.41) is 13.8. The van der Waals surface area contributed by atoms with Gasteiger partial charge >= 0.3 is 0 Å². The third kappa shape index (κ3) is 3.14. The van der Waals surface area contributed by atoms with Crippen LogP contribution in [0.2, 0.25) is 0 Å². The van der Waals surface area contributed by atoms with Crippen molar-refractivity contribution in [1.82, 2.24) is 4.57 Å². The fraction of sp³-hybridized carbons (Fsp3) is 0.125. The average molecular weight is 551 g/mol. The molecule has 5 aromatic carbocycles. The van der Waals surface area contributed by atoms with Gasteiger partial charge in [0, 0.05) is 44.7 Å². The lowest BCUT2D eigenvalue weighted by molar-refractivity contribution is 0.535. The van der Waals surface area contributed by atoms with Crippen molar-refractivity contribution in [3.05, 3.63) is 137 Å². The predicted molar refractivity (Wildman–Crippen MR) is 173 cm³/mol. The van der Waals surface area contributed by atoms with Gasteiger partial charge in [0.15, 0.2) is 0 Å². The van der Waals surface area contributed by atoms with E-state index in [1.807, 2.05) is 18.2 Å². The number of allylic oxidation sites excluding steroid dienone is 1. The summed E-state index contributed by atoms with van der Waals surface area (Å²) in [5.74, 6) is 1.02. The molecule has 2 heterocycles. The molecule has 0 amide bonds. The van der Waals surface area contributed by atoms with E-state index in [9.17, 15) is 5.26 Å². The van der Waals surface area contributed by atoms with Crippen LogP contribution in [0.5, 0.6) is 0 Å². The molecule has 0 N–H and O–H groups in total. The molecule has 3 nitrogen and oxygen atoms in total. The quantitative estimate of drug-likeness (QED) is 0.215. The fourth-order valence-electron chi connectivity index (χ4n) is 7.71. The molecule has 0 aliphatic heterocycles. The number of aromatic nitrogens is 1. The second-order valence-electron chi connectivity index (χ2n) is 12.2. The van der Waals surface area contributed by atoms with E-state index in [2.05, 4.69) is 115 Å². The highest BCUT2D eigenvalue weighted by Crippen LogP contribution is 2.53. The maximum Gasteiger partial charge on any atom is 0.139 e. The van der Waals surface area contributed by atoms with Gasteiger partial charge in [0.05, 0.1) is 22.8 Å². The first kappa shape index (κ1) is 24.1. The number of hydrogen-bond acceptors (Lipinski definition) is 2. The van der Waals surface area contributed by atoms with Crippen molar-refractivity contribution in [2.45, 2.75) is 32.1 Å². The molecule has 3 heteroatoms. The van der Waals surface area contributed by atoms with E-state index < -0.39 is 0 Å². The maximum absolute atomic E-state index is 10.4. The molecule has 0 bridgehead atoms. The first-order chi connectivity index (χ1) is 21.1. The van der Waals surface area contributed by atoms with Gasteiger partial charge in [-0.25, -0.2) is 0 Å². The van der Waals surface area contributed by atoms with Crippen molar-refractivity contribution in [2.24, 2.45) is 0 Å². The Morgan fingerprint density at radius 2 is 1.70 bits per heavy atom. The molecule has 43 heavy (non-hydrogen) atoms. The highest BCUT2D eigenvalue weighted by molar-refractivity contribution is 6.09. The zero-order valence-corrected chi connectivity index (χ0v) is 24.0. The number of nitrogens with zero attached hydrogens (tertiary/aromatic N) is 2. The lowest BCUT2D eigenvalue weighted by Crippen LogP contribution is -2.15. The Morgan fingerprint density at radius 3 is 2.60 bits per heavy atom. The molecule has 0 spiro atoms. The number of rotatable bonds is 2. The molecular formula is C40H26N2O. The Morgan fingerprint density at radius 1 is 0.837 bits per heavy atom. The number of aryl methyl sites for hydroxylation is 1. The average Bonchev–Trinajstić information content (AvgIpc) is 3.66. The number of benzene rings is 4. The van der Waals surface area contributed by atoms with E-state index in [1.54, 1.807) is 0 Å². The van der Waals surface area contributed by atoms with Crippen LogP contribution in [0.4, 0.5) is 0 Å². The molecule has 2 aliphatic rings. The molecule has 0 atom stereocenters. The lowest BCUT2D eigenvalue weighted by Gasteiger charge is -2.21. The molecule has 0 unspecified atom stereocenters. The Kier molecular flexibility index (Phi) is 4.77. The molecule has 0 fully saturated rings. The van der Waals surface area contributed by atoms with E-state index in [-0.39, 0.29) is 5.41 Å². The van der Waals surface area contributed by atoms with Gasteiger partial charge in [-0.15, -0.1) is 0 Å². The van der Waals surface area contributed by atoms with Gasteiger partial charge < -0.3 is 8.98 Å². The van der Waals surface area contributed by atoms with Crippen LogP contribution in [0.1, 0.15) is 53.8 Å². The Hall–Kier alpha value is -5.51. The molecule has 0 saturated carbocycles.